The third-order valence-electron chi connectivity index (χ3n) is 8.64. The van der Waals surface area contributed by atoms with Crippen LogP contribution in [0.4, 0.5) is 5.13 Å². The molecule has 2 aliphatic rings. The van der Waals surface area contributed by atoms with E-state index in [0.717, 1.165) is 36.3 Å². The van der Waals surface area contributed by atoms with Gasteiger partial charge in [-0.25, -0.2) is 4.98 Å². The second-order valence-electron chi connectivity index (χ2n) is 10.6. The predicted octanol–water partition coefficient (Wildman–Crippen LogP) is 4.34. The quantitative estimate of drug-likeness (QED) is 0.421. The van der Waals surface area contributed by atoms with Gasteiger partial charge in [-0.2, -0.15) is 0 Å². The first kappa shape index (κ1) is 27.1. The minimum Gasteiger partial charge on any atom is -0.396 e. The maximum absolute atomic E-state index is 13.3. The van der Waals surface area contributed by atoms with Gasteiger partial charge in [-0.1, -0.05) is 33.6 Å². The zero-order chi connectivity index (χ0) is 25.1. The summed E-state index contributed by atoms with van der Waals surface area (Å²) in [7, 11) is 0. The molecule has 0 unspecified atom stereocenters. The van der Waals surface area contributed by atoms with Crippen LogP contribution in [0.5, 0.6) is 0 Å². The number of carbonyl (C=O) groups is 2. The summed E-state index contributed by atoms with van der Waals surface area (Å²) in [5.41, 5.74) is 0.00220. The summed E-state index contributed by atoms with van der Waals surface area (Å²) in [5, 5.41) is 24.8. The van der Waals surface area contributed by atoms with E-state index in [1.807, 2.05) is 25.7 Å². The van der Waals surface area contributed by atoms with E-state index in [4.69, 9.17) is 4.98 Å². The molecular formula is C26H43N3O4S. The van der Waals surface area contributed by atoms with Crippen molar-refractivity contribution in [3.05, 3.63) is 10.6 Å². The van der Waals surface area contributed by atoms with Crippen molar-refractivity contribution < 1.29 is 19.8 Å². The molecule has 7 nitrogen and oxygen atoms in total. The van der Waals surface area contributed by atoms with Crippen LogP contribution in [-0.2, 0) is 16.0 Å². The first-order valence-corrected chi connectivity index (χ1v) is 13.8. The Labute approximate surface area is 208 Å². The molecule has 0 spiro atoms. The van der Waals surface area contributed by atoms with Crippen LogP contribution >= 0.6 is 11.3 Å². The molecule has 0 saturated heterocycles. The normalized spacial score (nSPS) is 30.4. The van der Waals surface area contributed by atoms with E-state index in [-0.39, 0.29) is 35.7 Å². The molecule has 2 aliphatic carbocycles. The lowest BCUT2D eigenvalue weighted by Crippen LogP contribution is -2.57. The summed E-state index contributed by atoms with van der Waals surface area (Å²) < 4.78 is 0. The number of fused-ring (bicyclic) bond motifs is 2. The number of rotatable bonds is 10. The largest absolute Gasteiger partial charge is 0.396 e. The van der Waals surface area contributed by atoms with Crippen molar-refractivity contribution >= 4 is 28.3 Å². The van der Waals surface area contributed by atoms with Crippen molar-refractivity contribution in [2.75, 3.05) is 25.0 Å². The molecule has 8 heteroatoms. The fourth-order valence-corrected chi connectivity index (χ4v) is 7.38. The lowest BCUT2D eigenvalue weighted by Gasteiger charge is -2.58. The van der Waals surface area contributed by atoms with Gasteiger partial charge in [0.1, 0.15) is 0 Å². The molecule has 0 aromatic carbocycles. The number of nitrogens with one attached hydrogen (secondary N) is 1. The van der Waals surface area contributed by atoms with Gasteiger partial charge in [0.25, 0.3) is 0 Å². The maximum Gasteiger partial charge on any atom is 0.226 e. The fourth-order valence-electron chi connectivity index (χ4n) is 6.30. The number of unbranched alkanes of at least 4 members (excludes halogenated alkanes) is 2. The number of amides is 2. The summed E-state index contributed by atoms with van der Waals surface area (Å²) in [6.45, 7) is 11.5. The van der Waals surface area contributed by atoms with Crippen LogP contribution < -0.4 is 5.32 Å². The molecule has 0 bridgehead atoms. The highest BCUT2D eigenvalue weighted by atomic mass is 32.1. The number of carbonyl (C=O) groups excluding carboxylic acids is 2. The minimum absolute atomic E-state index is 0.0179. The topological polar surface area (TPSA) is 103 Å². The Balaban J connectivity index is 1.97. The molecule has 3 N–H and O–H groups in total. The summed E-state index contributed by atoms with van der Waals surface area (Å²) in [6, 6.07) is 0. The molecular weight excluding hydrogens is 450 g/mol. The number of aliphatic hydroxyl groups excluding tert-OH is 2. The lowest BCUT2D eigenvalue weighted by atomic mass is 9.47. The molecule has 1 saturated carbocycles. The maximum atomic E-state index is 13.3. The van der Waals surface area contributed by atoms with Gasteiger partial charge < -0.3 is 20.4 Å². The molecule has 0 aliphatic heterocycles. The van der Waals surface area contributed by atoms with E-state index in [9.17, 15) is 19.8 Å². The van der Waals surface area contributed by atoms with Gasteiger partial charge in [0, 0.05) is 42.1 Å². The standard InChI is InChI=1S/C26H43N3O4S/c1-6-9-10-11-21(32)27-24-28-23-17(14-22(33)29(7-2)8-3)25(4)13-12-20(31)26(5,16-30)19(25)15-18(23)34-24/h17,19-20,30-31H,6-16H2,1-5H3,(H,27,28,32)/t17-,19-,20-,25+,26+/m1/s1. The number of hydrogen-bond acceptors (Lipinski definition) is 6. The average Bonchev–Trinajstić information content (AvgIpc) is 3.20. The summed E-state index contributed by atoms with van der Waals surface area (Å²) in [6.07, 6.45) is 5.28. The molecule has 34 heavy (non-hydrogen) atoms. The first-order valence-electron chi connectivity index (χ1n) is 13.0. The first-order chi connectivity index (χ1) is 16.1. The lowest BCUT2D eigenvalue weighted by molar-refractivity contribution is -0.147. The molecule has 1 heterocycles. The molecule has 2 amide bonds. The SMILES string of the molecule is CCCCCC(=O)Nc1nc2c(s1)C[C@H]1[C@](C)(CO)[C@H](O)CC[C@@]1(C)[C@@H]2CC(=O)N(CC)CC. The Morgan fingerprint density at radius 1 is 1.21 bits per heavy atom. The van der Waals surface area contributed by atoms with E-state index < -0.39 is 11.5 Å². The van der Waals surface area contributed by atoms with Crippen LogP contribution in [0.1, 0.15) is 96.1 Å². The second kappa shape index (κ2) is 11.0. The van der Waals surface area contributed by atoms with Crippen molar-refractivity contribution in [3.63, 3.8) is 0 Å². The van der Waals surface area contributed by atoms with E-state index >= 15 is 0 Å². The van der Waals surface area contributed by atoms with Gasteiger partial charge in [-0.15, -0.1) is 11.3 Å². The summed E-state index contributed by atoms with van der Waals surface area (Å²) >= 11 is 1.49. The summed E-state index contributed by atoms with van der Waals surface area (Å²) in [4.78, 5) is 33.5. The minimum atomic E-state index is -0.644. The van der Waals surface area contributed by atoms with Crippen molar-refractivity contribution in [2.45, 2.75) is 98.0 Å². The second-order valence-corrected chi connectivity index (χ2v) is 11.7. The fraction of sp³-hybridized carbons (Fsp3) is 0.808. The van der Waals surface area contributed by atoms with Crippen molar-refractivity contribution in [1.82, 2.24) is 9.88 Å². The van der Waals surface area contributed by atoms with Crippen LogP contribution in [0.15, 0.2) is 0 Å². The van der Waals surface area contributed by atoms with E-state index in [1.54, 1.807) is 0 Å². The molecule has 192 valence electrons. The zero-order valence-corrected chi connectivity index (χ0v) is 22.3. The highest BCUT2D eigenvalue weighted by Gasteiger charge is 2.59. The summed E-state index contributed by atoms with van der Waals surface area (Å²) in [5.74, 6) is -0.00797. The van der Waals surface area contributed by atoms with Gasteiger partial charge >= 0.3 is 0 Å². The molecule has 3 rings (SSSR count). The number of hydrogen-bond donors (Lipinski definition) is 3. The molecule has 5 atom stereocenters. The smallest absolute Gasteiger partial charge is 0.226 e. The van der Waals surface area contributed by atoms with Crippen molar-refractivity contribution in [1.29, 1.82) is 0 Å². The number of anilines is 1. The Kier molecular flexibility index (Phi) is 8.80. The van der Waals surface area contributed by atoms with E-state index in [0.29, 0.717) is 43.9 Å². The molecule has 1 fully saturated rings. The van der Waals surface area contributed by atoms with E-state index in [2.05, 4.69) is 19.2 Å². The van der Waals surface area contributed by atoms with Crippen LogP contribution in [0.2, 0.25) is 0 Å². The van der Waals surface area contributed by atoms with Gasteiger partial charge in [-0.3, -0.25) is 9.59 Å². The molecule has 0 radical (unpaired) electrons. The highest BCUT2D eigenvalue weighted by Crippen LogP contribution is 2.62. The van der Waals surface area contributed by atoms with Crippen LogP contribution in [0, 0.1) is 16.7 Å². The third kappa shape index (κ3) is 5.05. The average molecular weight is 494 g/mol. The van der Waals surface area contributed by atoms with Crippen LogP contribution in [0.25, 0.3) is 0 Å². The number of thiazole rings is 1. The third-order valence-corrected chi connectivity index (χ3v) is 9.65. The van der Waals surface area contributed by atoms with Gasteiger partial charge in [0.05, 0.1) is 18.4 Å². The molecule has 1 aromatic heterocycles. The number of aromatic nitrogens is 1. The van der Waals surface area contributed by atoms with Crippen molar-refractivity contribution in [2.24, 2.45) is 16.7 Å². The van der Waals surface area contributed by atoms with Gasteiger partial charge in [0.2, 0.25) is 11.8 Å². The Bertz CT molecular complexity index is 870. The van der Waals surface area contributed by atoms with Crippen molar-refractivity contribution in [3.8, 4) is 0 Å². The number of aliphatic hydroxyl groups is 2. The predicted molar refractivity (Wildman–Crippen MR) is 136 cm³/mol. The van der Waals surface area contributed by atoms with Gasteiger partial charge in [-0.05, 0) is 50.9 Å². The molecule has 1 aromatic rings. The van der Waals surface area contributed by atoms with E-state index in [1.165, 1.54) is 11.3 Å². The Morgan fingerprint density at radius 2 is 1.91 bits per heavy atom. The number of nitrogens with zero attached hydrogens (tertiary/aromatic N) is 2. The Morgan fingerprint density at radius 3 is 2.53 bits per heavy atom. The van der Waals surface area contributed by atoms with Crippen LogP contribution in [-0.4, -0.2) is 57.7 Å². The monoisotopic (exact) mass is 493 g/mol. The van der Waals surface area contributed by atoms with Crippen LogP contribution in [0.3, 0.4) is 0 Å². The Hall–Kier alpha value is -1.51. The zero-order valence-electron chi connectivity index (χ0n) is 21.5. The highest BCUT2D eigenvalue weighted by molar-refractivity contribution is 7.15. The van der Waals surface area contributed by atoms with Gasteiger partial charge in [0.15, 0.2) is 5.13 Å².